The normalized spacial score (nSPS) is 15.1. The van der Waals surface area contributed by atoms with Crippen molar-refractivity contribution in [3.63, 3.8) is 0 Å². The Labute approximate surface area is 177 Å². The number of fused-ring (bicyclic) bond motifs is 2. The number of nitrogens with zero attached hydrogens (tertiary/aromatic N) is 3. The van der Waals surface area contributed by atoms with E-state index in [0.717, 1.165) is 44.1 Å². The van der Waals surface area contributed by atoms with Crippen LogP contribution in [0, 0.1) is 0 Å². The molecule has 4 rings (SSSR count). The number of carbonyl (C=O) groups is 1. The molecule has 30 heavy (non-hydrogen) atoms. The lowest BCUT2D eigenvalue weighted by Gasteiger charge is -2.23. The second kappa shape index (κ2) is 8.39. The second-order valence-electron chi connectivity index (χ2n) is 8.13. The molecule has 0 spiro atoms. The van der Waals surface area contributed by atoms with Gasteiger partial charge in [-0.2, -0.15) is 13.5 Å². The van der Waals surface area contributed by atoms with Gasteiger partial charge in [0.05, 0.1) is 18.3 Å². The fraction of sp³-hybridized carbons (Fsp3) is 0.524. The molecular weight excluding hydrogens is 402 g/mol. The van der Waals surface area contributed by atoms with Crippen molar-refractivity contribution in [1.82, 2.24) is 14.5 Å². The average molecular weight is 432 g/mol. The van der Waals surface area contributed by atoms with E-state index in [1.165, 1.54) is 37.4 Å². The molecule has 2 aliphatic carbocycles. The fourth-order valence-electron chi connectivity index (χ4n) is 4.70. The molecule has 1 aromatic heterocycles. The summed E-state index contributed by atoms with van der Waals surface area (Å²) in [7, 11) is -2.34. The van der Waals surface area contributed by atoms with Gasteiger partial charge in [-0.25, -0.2) is 4.72 Å². The summed E-state index contributed by atoms with van der Waals surface area (Å²) in [5.41, 5.74) is 12.2. The number of amides is 1. The van der Waals surface area contributed by atoms with Gasteiger partial charge in [0.2, 0.25) is 5.91 Å². The van der Waals surface area contributed by atoms with Gasteiger partial charge in [-0.1, -0.05) is 6.07 Å². The molecule has 1 heterocycles. The summed E-state index contributed by atoms with van der Waals surface area (Å²) < 4.78 is 31.0. The maximum atomic E-state index is 13.0. The number of nitrogens with two attached hydrogens (primary N) is 1. The number of nitrogens with one attached hydrogen (secondary N) is 1. The minimum Gasteiger partial charge on any atom is -0.330 e. The van der Waals surface area contributed by atoms with E-state index in [1.54, 1.807) is 13.2 Å². The van der Waals surface area contributed by atoms with E-state index in [9.17, 15) is 13.2 Å². The zero-order valence-electron chi connectivity index (χ0n) is 17.4. The van der Waals surface area contributed by atoms with E-state index in [2.05, 4.69) is 15.9 Å². The lowest BCUT2D eigenvalue weighted by Crippen LogP contribution is -2.45. The molecule has 1 aromatic carbocycles. The standard InChI is InChI=1S/C21H29N5O3S/c1-25-14-17(13-23-25)26(10-4-9-22)30(28,29)24-21(27)12-20-18-7-2-5-15(18)11-16-6-3-8-19(16)20/h11,13-14H,2-10,12,22H2,1H3,(H,24,27). The zero-order chi connectivity index (χ0) is 21.3. The Bertz CT molecular complexity index is 1030. The quantitative estimate of drug-likeness (QED) is 0.652. The smallest absolute Gasteiger partial charge is 0.326 e. The van der Waals surface area contributed by atoms with Gasteiger partial charge in [0.25, 0.3) is 0 Å². The van der Waals surface area contributed by atoms with Gasteiger partial charge >= 0.3 is 10.2 Å². The van der Waals surface area contributed by atoms with Gasteiger partial charge in [-0.3, -0.25) is 13.8 Å². The molecule has 3 N–H and O–H groups in total. The van der Waals surface area contributed by atoms with E-state index in [4.69, 9.17) is 5.73 Å². The van der Waals surface area contributed by atoms with Crippen molar-refractivity contribution in [2.24, 2.45) is 12.8 Å². The Balaban J connectivity index is 1.56. The number of hydrogen-bond acceptors (Lipinski definition) is 5. The van der Waals surface area contributed by atoms with E-state index in [1.807, 2.05) is 0 Å². The molecule has 0 saturated carbocycles. The van der Waals surface area contributed by atoms with Crippen LogP contribution in [0.5, 0.6) is 0 Å². The van der Waals surface area contributed by atoms with Crippen molar-refractivity contribution in [3.8, 4) is 0 Å². The summed E-state index contributed by atoms with van der Waals surface area (Å²) in [6, 6.07) is 2.31. The van der Waals surface area contributed by atoms with E-state index >= 15 is 0 Å². The molecule has 9 heteroatoms. The molecule has 0 fully saturated rings. The Morgan fingerprint density at radius 3 is 2.43 bits per heavy atom. The van der Waals surface area contributed by atoms with Crippen LogP contribution in [0.25, 0.3) is 0 Å². The van der Waals surface area contributed by atoms with E-state index < -0.39 is 16.1 Å². The summed E-state index contributed by atoms with van der Waals surface area (Å²) in [6.45, 7) is 0.531. The maximum Gasteiger partial charge on any atom is 0.326 e. The molecule has 0 saturated heterocycles. The number of carbonyl (C=O) groups excluding carboxylic acids is 1. The average Bonchev–Trinajstić information content (AvgIpc) is 3.42. The molecule has 0 aliphatic heterocycles. The number of hydrogen-bond donors (Lipinski definition) is 2. The molecular formula is C21H29N5O3S. The first kappa shape index (κ1) is 20.9. The predicted octanol–water partition coefficient (Wildman–Crippen LogP) is 1.16. The van der Waals surface area contributed by atoms with Gasteiger partial charge in [0.1, 0.15) is 0 Å². The highest BCUT2D eigenvalue weighted by molar-refractivity contribution is 7.91. The molecule has 0 radical (unpaired) electrons. The third kappa shape index (κ3) is 4.09. The van der Waals surface area contributed by atoms with Crippen LogP contribution in [0.15, 0.2) is 18.5 Å². The van der Waals surface area contributed by atoms with Crippen LogP contribution in [0.1, 0.15) is 47.1 Å². The highest BCUT2D eigenvalue weighted by Crippen LogP contribution is 2.35. The van der Waals surface area contributed by atoms with Gasteiger partial charge in [-0.05, 0) is 79.3 Å². The molecule has 0 atom stereocenters. The third-order valence-electron chi connectivity index (χ3n) is 6.01. The zero-order valence-corrected chi connectivity index (χ0v) is 18.2. The molecule has 2 aliphatic rings. The fourth-order valence-corrected chi connectivity index (χ4v) is 5.91. The minimum absolute atomic E-state index is 0.0997. The predicted molar refractivity (Wildman–Crippen MR) is 115 cm³/mol. The van der Waals surface area contributed by atoms with Gasteiger partial charge in [0.15, 0.2) is 0 Å². The topological polar surface area (TPSA) is 110 Å². The van der Waals surface area contributed by atoms with Crippen molar-refractivity contribution in [1.29, 1.82) is 0 Å². The van der Waals surface area contributed by atoms with Crippen LogP contribution in [0.2, 0.25) is 0 Å². The largest absolute Gasteiger partial charge is 0.330 e. The van der Waals surface area contributed by atoms with E-state index in [0.29, 0.717) is 18.7 Å². The molecule has 0 unspecified atom stereocenters. The Morgan fingerprint density at radius 2 is 1.87 bits per heavy atom. The lowest BCUT2D eigenvalue weighted by atomic mass is 9.92. The Morgan fingerprint density at radius 1 is 1.20 bits per heavy atom. The number of benzene rings is 1. The summed E-state index contributed by atoms with van der Waals surface area (Å²) in [5.74, 6) is -0.494. The summed E-state index contributed by atoms with van der Waals surface area (Å²) in [5, 5.41) is 4.05. The third-order valence-corrected chi connectivity index (χ3v) is 7.47. The Hall–Kier alpha value is -2.39. The van der Waals surface area contributed by atoms with Crippen LogP contribution in [0.4, 0.5) is 5.69 Å². The maximum absolute atomic E-state index is 13.0. The lowest BCUT2D eigenvalue weighted by molar-refractivity contribution is -0.118. The highest BCUT2D eigenvalue weighted by Gasteiger charge is 2.28. The molecule has 8 nitrogen and oxygen atoms in total. The number of rotatable bonds is 8. The summed E-state index contributed by atoms with van der Waals surface area (Å²) in [4.78, 5) is 12.9. The Kier molecular flexibility index (Phi) is 5.84. The second-order valence-corrected chi connectivity index (χ2v) is 9.73. The molecule has 1 amide bonds. The van der Waals surface area contributed by atoms with Crippen LogP contribution in [-0.4, -0.2) is 37.2 Å². The summed E-state index contributed by atoms with van der Waals surface area (Å²) >= 11 is 0. The van der Waals surface area contributed by atoms with Crippen LogP contribution >= 0.6 is 0 Å². The SMILES string of the molecule is Cn1cc(N(CCCN)S(=O)(=O)NC(=O)Cc2c3c(cc4c2CCC4)CCC3)cn1. The van der Waals surface area contributed by atoms with Crippen LogP contribution < -0.4 is 14.8 Å². The molecule has 0 bridgehead atoms. The van der Waals surface area contributed by atoms with Crippen molar-refractivity contribution in [3.05, 3.63) is 46.3 Å². The highest BCUT2D eigenvalue weighted by atomic mass is 32.2. The first-order valence-electron chi connectivity index (χ1n) is 10.6. The van der Waals surface area contributed by atoms with E-state index in [-0.39, 0.29) is 13.0 Å². The van der Waals surface area contributed by atoms with Gasteiger partial charge in [0, 0.05) is 19.8 Å². The number of anilines is 1. The van der Waals surface area contributed by atoms with Crippen LogP contribution in [0.3, 0.4) is 0 Å². The summed E-state index contributed by atoms with van der Waals surface area (Å²) in [6.07, 6.45) is 9.87. The number of aryl methyl sites for hydroxylation is 3. The van der Waals surface area contributed by atoms with Gasteiger partial charge < -0.3 is 5.73 Å². The molecule has 162 valence electrons. The van der Waals surface area contributed by atoms with Crippen LogP contribution in [-0.2, 0) is 54.2 Å². The van der Waals surface area contributed by atoms with Crippen molar-refractivity contribution < 1.29 is 13.2 Å². The monoisotopic (exact) mass is 431 g/mol. The number of aromatic nitrogens is 2. The molecule has 2 aromatic rings. The first-order chi connectivity index (χ1) is 14.4. The minimum atomic E-state index is -4.06. The van der Waals surface area contributed by atoms with Crippen molar-refractivity contribution in [2.45, 2.75) is 51.4 Å². The van der Waals surface area contributed by atoms with Crippen molar-refractivity contribution in [2.75, 3.05) is 17.4 Å². The van der Waals surface area contributed by atoms with Gasteiger partial charge in [-0.15, -0.1) is 0 Å². The van der Waals surface area contributed by atoms with Crippen molar-refractivity contribution >= 4 is 21.8 Å². The first-order valence-corrected chi connectivity index (χ1v) is 12.0.